The largest absolute Gasteiger partial charge is 0.465 e. The zero-order chi connectivity index (χ0) is 21.8. The normalized spacial score (nSPS) is 14.6. The van der Waals surface area contributed by atoms with Crippen LogP contribution in [-0.2, 0) is 6.54 Å². The lowest BCUT2D eigenvalue weighted by Crippen LogP contribution is -2.42. The number of benzene rings is 2. The van der Waals surface area contributed by atoms with E-state index in [1.807, 2.05) is 63.2 Å². The van der Waals surface area contributed by atoms with Gasteiger partial charge in [-0.05, 0) is 81.6 Å². The number of rotatable bonds is 6. The van der Waals surface area contributed by atoms with Gasteiger partial charge in [0, 0.05) is 36.1 Å². The highest BCUT2D eigenvalue weighted by Crippen LogP contribution is 2.23. The molecule has 0 saturated carbocycles. The first-order valence-corrected chi connectivity index (χ1v) is 11.0. The van der Waals surface area contributed by atoms with Gasteiger partial charge in [-0.3, -0.25) is 4.79 Å². The third-order valence-corrected chi connectivity index (χ3v) is 5.97. The Kier molecular flexibility index (Phi) is 6.42. The van der Waals surface area contributed by atoms with E-state index in [9.17, 15) is 4.79 Å². The summed E-state index contributed by atoms with van der Waals surface area (Å²) in [4.78, 5) is 15.0. The second-order valence-electron chi connectivity index (χ2n) is 8.47. The summed E-state index contributed by atoms with van der Waals surface area (Å²) >= 11 is 0. The molecule has 5 nitrogen and oxygen atoms in total. The van der Waals surface area contributed by atoms with Crippen molar-refractivity contribution in [2.75, 3.05) is 23.3 Å². The van der Waals surface area contributed by atoms with E-state index in [4.69, 9.17) is 4.42 Å². The minimum absolute atomic E-state index is 0.0658. The summed E-state index contributed by atoms with van der Waals surface area (Å²) in [5.41, 5.74) is 4.89. The van der Waals surface area contributed by atoms with Crippen LogP contribution in [-0.4, -0.2) is 25.0 Å². The van der Waals surface area contributed by atoms with Crippen molar-refractivity contribution in [3.05, 3.63) is 82.8 Å². The summed E-state index contributed by atoms with van der Waals surface area (Å²) in [6.07, 6.45) is 2.20. The molecule has 162 valence electrons. The summed E-state index contributed by atoms with van der Waals surface area (Å²) in [5, 5.41) is 6.62. The second kappa shape index (κ2) is 9.40. The molecule has 1 fully saturated rings. The second-order valence-corrected chi connectivity index (χ2v) is 8.47. The molecule has 0 aliphatic carbocycles. The van der Waals surface area contributed by atoms with Crippen LogP contribution in [0, 0.1) is 20.8 Å². The predicted octanol–water partition coefficient (Wildman–Crippen LogP) is 5.22. The maximum Gasteiger partial charge on any atom is 0.255 e. The van der Waals surface area contributed by atoms with E-state index >= 15 is 0 Å². The summed E-state index contributed by atoms with van der Waals surface area (Å²) in [7, 11) is 0. The van der Waals surface area contributed by atoms with Gasteiger partial charge in [0.25, 0.3) is 5.91 Å². The Balaban J connectivity index is 1.28. The molecule has 2 N–H and O–H groups in total. The van der Waals surface area contributed by atoms with Crippen molar-refractivity contribution in [3.63, 3.8) is 0 Å². The SMILES string of the molecule is Cc1ccc(C(=O)Nc2ccc(N3CCC(NCc4ccc(C)o4)CC3)cc2)c(C)c1. The Bertz CT molecular complexity index is 1030. The standard InChI is InChI=1S/C26H31N3O2/c1-18-4-11-25(19(2)16-18)26(30)28-22-6-8-23(9-7-22)29-14-12-21(13-15-29)27-17-24-10-5-20(3)31-24/h4-11,16,21,27H,12-15,17H2,1-3H3,(H,28,30). The number of aryl methyl sites for hydroxylation is 3. The van der Waals surface area contributed by atoms with Gasteiger partial charge in [0.05, 0.1) is 6.54 Å². The first kappa shape index (κ1) is 21.2. The molecule has 1 saturated heterocycles. The van der Waals surface area contributed by atoms with E-state index in [1.54, 1.807) is 0 Å². The number of hydrogen-bond acceptors (Lipinski definition) is 4. The lowest BCUT2D eigenvalue weighted by atomic mass is 10.0. The fraction of sp³-hybridized carbons (Fsp3) is 0.346. The van der Waals surface area contributed by atoms with Crippen molar-refractivity contribution < 1.29 is 9.21 Å². The van der Waals surface area contributed by atoms with Crippen molar-refractivity contribution in [3.8, 4) is 0 Å². The van der Waals surface area contributed by atoms with Crippen molar-refractivity contribution in [1.82, 2.24) is 5.32 Å². The molecule has 0 spiro atoms. The molecule has 31 heavy (non-hydrogen) atoms. The topological polar surface area (TPSA) is 57.5 Å². The van der Waals surface area contributed by atoms with Gasteiger partial charge >= 0.3 is 0 Å². The monoisotopic (exact) mass is 417 g/mol. The predicted molar refractivity (Wildman–Crippen MR) is 126 cm³/mol. The first-order chi connectivity index (χ1) is 15.0. The molecular weight excluding hydrogens is 386 g/mol. The maximum absolute atomic E-state index is 12.6. The van der Waals surface area contributed by atoms with Gasteiger partial charge in [-0.1, -0.05) is 17.7 Å². The molecule has 2 heterocycles. The number of anilines is 2. The van der Waals surface area contributed by atoms with Gasteiger partial charge in [0.1, 0.15) is 11.5 Å². The maximum atomic E-state index is 12.6. The zero-order valence-electron chi connectivity index (χ0n) is 18.6. The van der Waals surface area contributed by atoms with Gasteiger partial charge in [0.2, 0.25) is 0 Å². The van der Waals surface area contributed by atoms with E-state index in [0.717, 1.165) is 60.8 Å². The third kappa shape index (κ3) is 5.36. The quantitative estimate of drug-likeness (QED) is 0.578. The molecule has 5 heteroatoms. The van der Waals surface area contributed by atoms with Crippen LogP contribution in [0.5, 0.6) is 0 Å². The molecule has 3 aromatic rings. The molecule has 0 unspecified atom stereocenters. The van der Waals surface area contributed by atoms with E-state index in [0.29, 0.717) is 11.6 Å². The van der Waals surface area contributed by atoms with E-state index in [1.165, 1.54) is 5.69 Å². The van der Waals surface area contributed by atoms with Crippen molar-refractivity contribution >= 4 is 17.3 Å². The Morgan fingerprint density at radius 2 is 1.74 bits per heavy atom. The Labute approximate surface area is 184 Å². The van der Waals surface area contributed by atoms with Crippen LogP contribution in [0.2, 0.25) is 0 Å². The van der Waals surface area contributed by atoms with Crippen molar-refractivity contribution in [2.45, 2.75) is 46.2 Å². The number of carbonyl (C=O) groups is 1. The van der Waals surface area contributed by atoms with Gasteiger partial charge in [-0.15, -0.1) is 0 Å². The smallest absolute Gasteiger partial charge is 0.255 e. The number of piperidine rings is 1. The molecule has 0 radical (unpaired) electrons. The molecule has 1 aromatic heterocycles. The van der Waals surface area contributed by atoms with Crippen molar-refractivity contribution in [2.24, 2.45) is 0 Å². The van der Waals surface area contributed by atoms with Gasteiger partial charge in [-0.25, -0.2) is 0 Å². The first-order valence-electron chi connectivity index (χ1n) is 11.0. The average molecular weight is 418 g/mol. The third-order valence-electron chi connectivity index (χ3n) is 5.97. The Hall–Kier alpha value is -3.05. The highest BCUT2D eigenvalue weighted by Gasteiger charge is 2.19. The highest BCUT2D eigenvalue weighted by atomic mass is 16.3. The van der Waals surface area contributed by atoms with Crippen LogP contribution in [0.3, 0.4) is 0 Å². The number of carbonyl (C=O) groups excluding carboxylic acids is 1. The fourth-order valence-corrected chi connectivity index (χ4v) is 4.19. The minimum atomic E-state index is -0.0658. The number of nitrogens with one attached hydrogen (secondary N) is 2. The summed E-state index contributed by atoms with van der Waals surface area (Å²) in [5.74, 6) is 1.89. The number of furan rings is 1. The van der Waals surface area contributed by atoms with Crippen LogP contribution >= 0.6 is 0 Å². The molecular formula is C26H31N3O2. The van der Waals surface area contributed by atoms with Crippen LogP contribution in [0.1, 0.15) is 45.8 Å². The number of amides is 1. The van der Waals surface area contributed by atoms with Gasteiger partial charge < -0.3 is 20.0 Å². The van der Waals surface area contributed by atoms with Crippen LogP contribution < -0.4 is 15.5 Å². The van der Waals surface area contributed by atoms with E-state index in [2.05, 4.69) is 27.7 Å². The molecule has 1 aliphatic rings. The summed E-state index contributed by atoms with van der Waals surface area (Å²) in [6.45, 7) is 8.80. The molecule has 1 amide bonds. The van der Waals surface area contributed by atoms with Crippen LogP contribution in [0.4, 0.5) is 11.4 Å². The fourth-order valence-electron chi connectivity index (χ4n) is 4.19. The average Bonchev–Trinajstić information content (AvgIpc) is 3.18. The molecule has 4 rings (SSSR count). The Morgan fingerprint density at radius 1 is 1.00 bits per heavy atom. The summed E-state index contributed by atoms with van der Waals surface area (Å²) in [6, 6.07) is 18.6. The number of nitrogens with zero attached hydrogens (tertiary/aromatic N) is 1. The van der Waals surface area contributed by atoms with Crippen LogP contribution in [0.25, 0.3) is 0 Å². The molecule has 1 aliphatic heterocycles. The van der Waals surface area contributed by atoms with E-state index in [-0.39, 0.29) is 5.91 Å². The minimum Gasteiger partial charge on any atom is -0.465 e. The van der Waals surface area contributed by atoms with E-state index < -0.39 is 0 Å². The molecule has 2 aromatic carbocycles. The summed E-state index contributed by atoms with van der Waals surface area (Å²) < 4.78 is 5.64. The number of hydrogen-bond donors (Lipinski definition) is 2. The molecule has 0 bridgehead atoms. The molecule has 0 atom stereocenters. The highest BCUT2D eigenvalue weighted by molar-refractivity contribution is 6.05. The Morgan fingerprint density at radius 3 is 2.39 bits per heavy atom. The van der Waals surface area contributed by atoms with Gasteiger partial charge in [-0.2, -0.15) is 0 Å². The van der Waals surface area contributed by atoms with Crippen molar-refractivity contribution in [1.29, 1.82) is 0 Å². The van der Waals surface area contributed by atoms with Gasteiger partial charge in [0.15, 0.2) is 0 Å². The lowest BCUT2D eigenvalue weighted by Gasteiger charge is -2.34. The zero-order valence-corrected chi connectivity index (χ0v) is 18.6. The van der Waals surface area contributed by atoms with Crippen LogP contribution in [0.15, 0.2) is 59.0 Å². The lowest BCUT2D eigenvalue weighted by molar-refractivity contribution is 0.102.